The molecule has 0 fully saturated rings. The Morgan fingerprint density at radius 3 is 2.62 bits per heavy atom. The van der Waals surface area contributed by atoms with Crippen LogP contribution in [0.25, 0.3) is 5.69 Å². The van der Waals surface area contributed by atoms with Gasteiger partial charge in [-0.05, 0) is 54.5 Å². The monoisotopic (exact) mass is 416 g/mol. The predicted molar refractivity (Wildman–Crippen MR) is 106 cm³/mol. The Hall–Kier alpha value is -3.34. The van der Waals surface area contributed by atoms with E-state index in [1.807, 2.05) is 32.0 Å². The van der Waals surface area contributed by atoms with Crippen LogP contribution in [0.2, 0.25) is 0 Å². The van der Waals surface area contributed by atoms with Crippen LogP contribution in [-0.2, 0) is 4.79 Å². The largest absolute Gasteiger partial charge is 0.325 e. The van der Waals surface area contributed by atoms with E-state index < -0.39 is 27.6 Å². The third kappa shape index (κ3) is 4.40. The highest BCUT2D eigenvalue weighted by Crippen LogP contribution is 2.27. The lowest BCUT2D eigenvalue weighted by Gasteiger charge is -2.13. The van der Waals surface area contributed by atoms with Crippen molar-refractivity contribution in [1.82, 2.24) is 20.2 Å². The molecule has 11 heteroatoms. The van der Waals surface area contributed by atoms with E-state index in [0.29, 0.717) is 5.16 Å². The number of aryl methyl sites for hydroxylation is 2. The number of rotatable bonds is 6. The van der Waals surface area contributed by atoms with E-state index >= 15 is 0 Å². The van der Waals surface area contributed by atoms with Gasteiger partial charge in [0.05, 0.1) is 15.9 Å². The van der Waals surface area contributed by atoms with Crippen LogP contribution in [0.4, 0.5) is 15.8 Å². The van der Waals surface area contributed by atoms with Crippen LogP contribution in [0.3, 0.4) is 0 Å². The van der Waals surface area contributed by atoms with Crippen molar-refractivity contribution in [2.75, 3.05) is 5.32 Å². The SMILES string of the molecule is Cc1cccc(C)c1-n1nnnc1S[C@@H](C)C(=O)Nc1ccc(F)c([N+](=O)[O-])c1. The number of nitrogens with one attached hydrogen (secondary N) is 1. The van der Waals surface area contributed by atoms with Crippen LogP contribution in [0, 0.1) is 29.8 Å². The summed E-state index contributed by atoms with van der Waals surface area (Å²) in [7, 11) is 0. The summed E-state index contributed by atoms with van der Waals surface area (Å²) in [5, 5.41) is 25.0. The first-order valence-corrected chi connectivity index (χ1v) is 9.42. The van der Waals surface area contributed by atoms with E-state index in [9.17, 15) is 19.3 Å². The summed E-state index contributed by atoms with van der Waals surface area (Å²) in [6, 6.07) is 8.99. The number of nitro groups is 1. The molecule has 29 heavy (non-hydrogen) atoms. The van der Waals surface area contributed by atoms with E-state index in [0.717, 1.165) is 40.7 Å². The molecule has 0 aliphatic rings. The molecular formula is C18H17FN6O3S. The number of tetrazole rings is 1. The number of para-hydroxylation sites is 1. The summed E-state index contributed by atoms with van der Waals surface area (Å²) in [5.74, 6) is -1.39. The number of benzene rings is 2. The summed E-state index contributed by atoms with van der Waals surface area (Å²) in [6.45, 7) is 5.54. The molecule has 0 bridgehead atoms. The fourth-order valence-corrected chi connectivity index (χ4v) is 3.51. The van der Waals surface area contributed by atoms with Gasteiger partial charge in [0.15, 0.2) is 0 Å². The van der Waals surface area contributed by atoms with E-state index in [2.05, 4.69) is 20.8 Å². The number of carbonyl (C=O) groups excluding carboxylic acids is 1. The van der Waals surface area contributed by atoms with Crippen LogP contribution in [0.1, 0.15) is 18.1 Å². The number of nitrogens with zero attached hydrogens (tertiary/aromatic N) is 5. The fourth-order valence-electron chi connectivity index (χ4n) is 2.72. The number of aromatic nitrogens is 4. The average molecular weight is 416 g/mol. The molecule has 1 atom stereocenters. The molecule has 150 valence electrons. The summed E-state index contributed by atoms with van der Waals surface area (Å²) in [5.41, 5.74) is 2.22. The minimum absolute atomic E-state index is 0.130. The number of halogens is 1. The Morgan fingerprint density at radius 1 is 1.28 bits per heavy atom. The Balaban J connectivity index is 1.77. The number of nitro benzene ring substituents is 1. The van der Waals surface area contributed by atoms with Gasteiger partial charge in [-0.2, -0.15) is 9.07 Å². The van der Waals surface area contributed by atoms with Gasteiger partial charge in [0.25, 0.3) is 0 Å². The molecule has 1 heterocycles. The zero-order chi connectivity index (χ0) is 21.1. The zero-order valence-corrected chi connectivity index (χ0v) is 16.6. The van der Waals surface area contributed by atoms with Gasteiger partial charge in [0.1, 0.15) is 0 Å². The van der Waals surface area contributed by atoms with Gasteiger partial charge in [-0.3, -0.25) is 14.9 Å². The normalized spacial score (nSPS) is 11.9. The highest BCUT2D eigenvalue weighted by molar-refractivity contribution is 8.00. The molecule has 2 aromatic carbocycles. The van der Waals surface area contributed by atoms with Crippen molar-refractivity contribution < 1.29 is 14.1 Å². The van der Waals surface area contributed by atoms with Crippen molar-refractivity contribution in [2.24, 2.45) is 0 Å². The van der Waals surface area contributed by atoms with Crippen molar-refractivity contribution in [1.29, 1.82) is 0 Å². The number of hydrogen-bond donors (Lipinski definition) is 1. The Morgan fingerprint density at radius 2 is 1.97 bits per heavy atom. The molecule has 0 radical (unpaired) electrons. The van der Waals surface area contributed by atoms with E-state index in [-0.39, 0.29) is 5.69 Å². The quantitative estimate of drug-likeness (QED) is 0.372. The first-order chi connectivity index (χ1) is 13.8. The van der Waals surface area contributed by atoms with E-state index in [4.69, 9.17) is 0 Å². The third-order valence-corrected chi connectivity index (χ3v) is 5.19. The van der Waals surface area contributed by atoms with Crippen LogP contribution in [0.5, 0.6) is 0 Å². The lowest BCUT2D eigenvalue weighted by atomic mass is 10.1. The molecule has 3 rings (SSSR count). The second kappa shape index (κ2) is 8.35. The molecule has 3 aromatic rings. The predicted octanol–water partition coefficient (Wildman–Crippen LogP) is 3.45. The highest BCUT2D eigenvalue weighted by atomic mass is 32.2. The van der Waals surface area contributed by atoms with Crippen molar-refractivity contribution in [3.05, 3.63) is 63.5 Å². The molecule has 0 unspecified atom stereocenters. The second-order valence-electron chi connectivity index (χ2n) is 6.29. The second-order valence-corrected chi connectivity index (χ2v) is 7.59. The van der Waals surface area contributed by atoms with Gasteiger partial charge in [0, 0.05) is 11.8 Å². The third-order valence-electron chi connectivity index (χ3n) is 4.15. The summed E-state index contributed by atoms with van der Waals surface area (Å²) >= 11 is 1.14. The average Bonchev–Trinajstić information content (AvgIpc) is 3.10. The van der Waals surface area contributed by atoms with Crippen molar-refractivity contribution in [3.63, 3.8) is 0 Å². The van der Waals surface area contributed by atoms with Gasteiger partial charge in [0.2, 0.25) is 16.9 Å². The number of anilines is 1. The minimum Gasteiger partial charge on any atom is -0.325 e. The van der Waals surface area contributed by atoms with Gasteiger partial charge in [-0.25, -0.2) is 0 Å². The minimum atomic E-state index is -0.969. The van der Waals surface area contributed by atoms with E-state index in [1.54, 1.807) is 11.6 Å². The first-order valence-electron chi connectivity index (χ1n) is 8.54. The standard InChI is InChI=1S/C18H17FN6O3S/c1-10-5-4-6-11(2)16(10)24-18(21-22-23-24)29-12(3)17(26)20-13-7-8-14(19)15(9-13)25(27)28/h4-9,12H,1-3H3,(H,20,26)/t12-/m0/s1. The van der Waals surface area contributed by atoms with Gasteiger partial charge < -0.3 is 5.32 Å². The lowest BCUT2D eigenvalue weighted by Crippen LogP contribution is -2.23. The summed E-state index contributed by atoms with van der Waals surface area (Å²) in [4.78, 5) is 22.5. The number of amides is 1. The number of carbonyl (C=O) groups is 1. The van der Waals surface area contributed by atoms with Crippen molar-refractivity contribution in [3.8, 4) is 5.69 Å². The molecule has 1 N–H and O–H groups in total. The molecule has 1 amide bonds. The van der Waals surface area contributed by atoms with Crippen molar-refractivity contribution in [2.45, 2.75) is 31.2 Å². The fraction of sp³-hybridized carbons (Fsp3) is 0.222. The summed E-state index contributed by atoms with van der Waals surface area (Å²) < 4.78 is 15.0. The Kier molecular flexibility index (Phi) is 5.87. The molecule has 0 saturated carbocycles. The van der Waals surface area contributed by atoms with Gasteiger partial charge in [-0.15, -0.1) is 5.10 Å². The molecule has 0 spiro atoms. The smallest absolute Gasteiger partial charge is 0.306 e. The topological polar surface area (TPSA) is 116 Å². The number of thioether (sulfide) groups is 1. The molecular weight excluding hydrogens is 399 g/mol. The molecule has 0 aliphatic heterocycles. The van der Waals surface area contributed by atoms with Crippen LogP contribution >= 0.6 is 11.8 Å². The Labute approximate surface area is 169 Å². The molecule has 0 aliphatic carbocycles. The lowest BCUT2D eigenvalue weighted by molar-refractivity contribution is -0.387. The number of hydrogen-bond acceptors (Lipinski definition) is 7. The Bertz CT molecular complexity index is 1070. The van der Waals surface area contributed by atoms with Crippen molar-refractivity contribution >= 4 is 29.0 Å². The van der Waals surface area contributed by atoms with Crippen LogP contribution in [-0.4, -0.2) is 36.3 Å². The van der Waals surface area contributed by atoms with Gasteiger partial charge in [-0.1, -0.05) is 30.0 Å². The van der Waals surface area contributed by atoms with Crippen LogP contribution < -0.4 is 5.32 Å². The van der Waals surface area contributed by atoms with Gasteiger partial charge >= 0.3 is 5.69 Å². The molecule has 9 nitrogen and oxygen atoms in total. The first kappa shape index (κ1) is 20.4. The molecule has 0 saturated heterocycles. The summed E-state index contributed by atoms with van der Waals surface area (Å²) in [6.07, 6.45) is 0. The maximum Gasteiger partial charge on any atom is 0.306 e. The maximum absolute atomic E-state index is 13.5. The maximum atomic E-state index is 13.5. The zero-order valence-electron chi connectivity index (χ0n) is 15.8. The van der Waals surface area contributed by atoms with Crippen LogP contribution in [0.15, 0.2) is 41.6 Å². The molecule has 1 aromatic heterocycles. The highest BCUT2D eigenvalue weighted by Gasteiger charge is 2.22. The van der Waals surface area contributed by atoms with E-state index in [1.165, 1.54) is 6.07 Å².